The molecule has 0 bridgehead atoms. The second-order valence-electron chi connectivity index (χ2n) is 4.29. The molecule has 100 valence electrons. The van der Waals surface area contributed by atoms with Crippen LogP contribution in [0.1, 0.15) is 11.1 Å². The summed E-state index contributed by atoms with van der Waals surface area (Å²) in [5.41, 5.74) is 1.92. The predicted molar refractivity (Wildman–Crippen MR) is 78.1 cm³/mol. The third kappa shape index (κ3) is 3.55. The Morgan fingerprint density at radius 1 is 1.16 bits per heavy atom. The second-order valence-corrected chi connectivity index (χ2v) is 5.21. The number of hydrogen-bond acceptors (Lipinski definition) is 2. The number of aryl methyl sites for hydroxylation is 1. The molecule has 0 atom stereocenters. The van der Waals surface area contributed by atoms with Gasteiger partial charge >= 0.3 is 0 Å². The lowest BCUT2D eigenvalue weighted by atomic mass is 10.2. The van der Waals surface area contributed by atoms with Crippen LogP contribution in [0.5, 0.6) is 11.5 Å². The van der Waals surface area contributed by atoms with Crippen LogP contribution in [0, 0.1) is 12.7 Å². The van der Waals surface area contributed by atoms with E-state index in [2.05, 4.69) is 21.2 Å². The monoisotopic (exact) mass is 323 g/mol. The Morgan fingerprint density at radius 3 is 2.68 bits per heavy atom. The van der Waals surface area contributed by atoms with Crippen molar-refractivity contribution < 1.29 is 9.13 Å². The molecule has 2 rings (SSSR count). The number of hydrogen-bond donors (Lipinski definition) is 1. The highest BCUT2D eigenvalue weighted by molar-refractivity contribution is 9.10. The molecule has 0 saturated heterocycles. The summed E-state index contributed by atoms with van der Waals surface area (Å²) >= 11 is 3.42. The fourth-order valence-electron chi connectivity index (χ4n) is 1.76. The Bertz CT molecular complexity index is 586. The molecule has 0 aliphatic rings. The molecule has 0 heterocycles. The maximum absolute atomic E-state index is 13.3. The lowest BCUT2D eigenvalue weighted by Crippen LogP contribution is -2.06. The maximum Gasteiger partial charge on any atom is 0.133 e. The first kappa shape index (κ1) is 14.0. The van der Waals surface area contributed by atoms with E-state index in [0.717, 1.165) is 21.3 Å². The minimum Gasteiger partial charge on any atom is -0.457 e. The van der Waals surface area contributed by atoms with E-state index in [-0.39, 0.29) is 5.82 Å². The van der Waals surface area contributed by atoms with E-state index in [1.807, 2.05) is 32.2 Å². The number of ether oxygens (including phenoxy) is 1. The summed E-state index contributed by atoms with van der Waals surface area (Å²) in [5.74, 6) is 0.957. The molecule has 2 aromatic rings. The molecule has 0 amide bonds. The molecule has 0 saturated carbocycles. The first-order chi connectivity index (χ1) is 9.10. The lowest BCUT2D eigenvalue weighted by molar-refractivity contribution is 0.465. The third-order valence-corrected chi connectivity index (χ3v) is 3.26. The second kappa shape index (κ2) is 6.17. The van der Waals surface area contributed by atoms with Crippen LogP contribution in [0.15, 0.2) is 40.9 Å². The van der Waals surface area contributed by atoms with E-state index in [0.29, 0.717) is 12.3 Å². The Hall–Kier alpha value is -1.39. The van der Waals surface area contributed by atoms with Crippen LogP contribution in [0.25, 0.3) is 0 Å². The average Bonchev–Trinajstić information content (AvgIpc) is 2.37. The fourth-order valence-corrected chi connectivity index (χ4v) is 2.10. The largest absolute Gasteiger partial charge is 0.457 e. The minimum absolute atomic E-state index is 0.300. The Kier molecular flexibility index (Phi) is 4.56. The van der Waals surface area contributed by atoms with Gasteiger partial charge < -0.3 is 10.1 Å². The average molecular weight is 324 g/mol. The van der Waals surface area contributed by atoms with Crippen molar-refractivity contribution in [2.75, 3.05) is 7.05 Å². The Morgan fingerprint density at radius 2 is 1.95 bits per heavy atom. The van der Waals surface area contributed by atoms with Gasteiger partial charge in [-0.15, -0.1) is 0 Å². The van der Waals surface area contributed by atoms with Crippen molar-refractivity contribution in [2.24, 2.45) is 0 Å². The number of benzene rings is 2. The minimum atomic E-state index is -0.300. The summed E-state index contributed by atoms with van der Waals surface area (Å²) in [4.78, 5) is 0. The normalized spacial score (nSPS) is 10.5. The summed E-state index contributed by atoms with van der Waals surface area (Å²) in [5, 5.41) is 3.09. The molecule has 2 aromatic carbocycles. The standard InChI is InChI=1S/C15H15BrFNO/c1-10-3-6-13(17)8-14(10)19-15-7-12(16)5-4-11(15)9-18-2/h3-8,18H,9H2,1-2H3. The first-order valence-corrected chi connectivity index (χ1v) is 6.76. The van der Waals surface area contributed by atoms with Crippen LogP contribution in [0.2, 0.25) is 0 Å². The Labute approximate surface area is 120 Å². The van der Waals surface area contributed by atoms with Gasteiger partial charge in [0, 0.05) is 22.6 Å². The number of nitrogens with one attached hydrogen (secondary N) is 1. The molecule has 19 heavy (non-hydrogen) atoms. The maximum atomic E-state index is 13.3. The molecule has 0 fully saturated rings. The predicted octanol–water partition coefficient (Wildman–Crippen LogP) is 4.41. The van der Waals surface area contributed by atoms with Gasteiger partial charge in [-0.1, -0.05) is 28.1 Å². The molecule has 0 aromatic heterocycles. The molecule has 0 unspecified atom stereocenters. The summed E-state index contributed by atoms with van der Waals surface area (Å²) in [7, 11) is 1.87. The van der Waals surface area contributed by atoms with Gasteiger partial charge in [-0.25, -0.2) is 4.39 Å². The highest BCUT2D eigenvalue weighted by Crippen LogP contribution is 2.30. The van der Waals surface area contributed by atoms with E-state index < -0.39 is 0 Å². The van der Waals surface area contributed by atoms with E-state index >= 15 is 0 Å². The van der Waals surface area contributed by atoms with Crippen molar-refractivity contribution in [3.05, 3.63) is 57.8 Å². The zero-order valence-corrected chi connectivity index (χ0v) is 12.4. The van der Waals surface area contributed by atoms with Crippen LogP contribution in [0.4, 0.5) is 4.39 Å². The van der Waals surface area contributed by atoms with Gasteiger partial charge in [-0.3, -0.25) is 0 Å². The summed E-state index contributed by atoms with van der Waals surface area (Å²) in [6.07, 6.45) is 0. The van der Waals surface area contributed by atoms with Gasteiger partial charge in [-0.2, -0.15) is 0 Å². The topological polar surface area (TPSA) is 21.3 Å². The molecule has 0 radical (unpaired) electrons. The molecule has 0 aliphatic heterocycles. The molecule has 1 N–H and O–H groups in total. The first-order valence-electron chi connectivity index (χ1n) is 5.97. The molecule has 2 nitrogen and oxygen atoms in total. The fraction of sp³-hybridized carbons (Fsp3) is 0.200. The van der Waals surface area contributed by atoms with Crippen LogP contribution >= 0.6 is 15.9 Å². The van der Waals surface area contributed by atoms with E-state index in [1.165, 1.54) is 12.1 Å². The van der Waals surface area contributed by atoms with Crippen molar-refractivity contribution in [2.45, 2.75) is 13.5 Å². The number of rotatable bonds is 4. The molecule has 0 aliphatic carbocycles. The highest BCUT2D eigenvalue weighted by Gasteiger charge is 2.08. The molecular weight excluding hydrogens is 309 g/mol. The SMILES string of the molecule is CNCc1ccc(Br)cc1Oc1cc(F)ccc1C. The molecular formula is C15H15BrFNO. The third-order valence-electron chi connectivity index (χ3n) is 2.77. The van der Waals surface area contributed by atoms with Gasteiger partial charge in [0.05, 0.1) is 0 Å². The van der Waals surface area contributed by atoms with Crippen molar-refractivity contribution in [1.29, 1.82) is 0 Å². The van der Waals surface area contributed by atoms with Gasteiger partial charge in [0.15, 0.2) is 0 Å². The van der Waals surface area contributed by atoms with E-state index in [4.69, 9.17) is 4.74 Å². The van der Waals surface area contributed by atoms with Crippen LogP contribution in [0.3, 0.4) is 0 Å². The van der Waals surface area contributed by atoms with Gasteiger partial charge in [-0.05, 0) is 37.7 Å². The number of halogens is 2. The smallest absolute Gasteiger partial charge is 0.133 e. The lowest BCUT2D eigenvalue weighted by Gasteiger charge is -2.13. The van der Waals surface area contributed by atoms with E-state index in [1.54, 1.807) is 6.07 Å². The molecule has 0 spiro atoms. The van der Waals surface area contributed by atoms with E-state index in [9.17, 15) is 4.39 Å². The zero-order chi connectivity index (χ0) is 13.8. The van der Waals surface area contributed by atoms with Crippen LogP contribution < -0.4 is 10.1 Å². The van der Waals surface area contributed by atoms with Crippen molar-refractivity contribution >= 4 is 15.9 Å². The molecule has 4 heteroatoms. The van der Waals surface area contributed by atoms with Gasteiger partial charge in [0.25, 0.3) is 0 Å². The Balaban J connectivity index is 2.36. The zero-order valence-electron chi connectivity index (χ0n) is 10.8. The highest BCUT2D eigenvalue weighted by atomic mass is 79.9. The summed E-state index contributed by atoms with van der Waals surface area (Å²) in [6, 6.07) is 10.4. The van der Waals surface area contributed by atoms with Gasteiger partial charge in [0.2, 0.25) is 0 Å². The summed E-state index contributed by atoms with van der Waals surface area (Å²) < 4.78 is 20.0. The van der Waals surface area contributed by atoms with Crippen LogP contribution in [-0.2, 0) is 6.54 Å². The van der Waals surface area contributed by atoms with Crippen LogP contribution in [-0.4, -0.2) is 7.05 Å². The van der Waals surface area contributed by atoms with Crippen molar-refractivity contribution in [3.8, 4) is 11.5 Å². The quantitative estimate of drug-likeness (QED) is 0.899. The summed E-state index contributed by atoms with van der Waals surface area (Å²) in [6.45, 7) is 2.58. The van der Waals surface area contributed by atoms with Crippen molar-refractivity contribution in [1.82, 2.24) is 5.32 Å². The van der Waals surface area contributed by atoms with Gasteiger partial charge in [0.1, 0.15) is 17.3 Å². The van der Waals surface area contributed by atoms with Crippen molar-refractivity contribution in [3.63, 3.8) is 0 Å².